The van der Waals surface area contributed by atoms with Gasteiger partial charge in [0.25, 0.3) is 0 Å². The SMILES string of the molecule is CN(Cc1ccc2[nH]c(=O)oc2c1)CC1CCNC1. The van der Waals surface area contributed by atoms with E-state index >= 15 is 0 Å². The van der Waals surface area contributed by atoms with Crippen LogP contribution >= 0.6 is 0 Å². The molecule has 0 radical (unpaired) electrons. The standard InChI is InChI=1S/C14H19N3O2/c1-17(9-11-4-5-15-7-11)8-10-2-3-12-13(6-10)19-14(18)16-12/h2-3,6,11,15H,4-5,7-9H2,1H3,(H,16,18). The van der Waals surface area contributed by atoms with Crippen LogP contribution in [0, 0.1) is 5.92 Å². The first-order valence-corrected chi connectivity index (χ1v) is 6.72. The Bertz CT molecular complexity index is 610. The van der Waals surface area contributed by atoms with Crippen molar-refractivity contribution in [1.29, 1.82) is 0 Å². The minimum absolute atomic E-state index is 0.391. The number of aromatic amines is 1. The number of nitrogens with one attached hydrogen (secondary N) is 2. The van der Waals surface area contributed by atoms with Gasteiger partial charge in [-0.25, -0.2) is 4.79 Å². The zero-order valence-corrected chi connectivity index (χ0v) is 11.1. The lowest BCUT2D eigenvalue weighted by Gasteiger charge is -2.20. The number of H-pyrrole nitrogens is 1. The molecule has 1 atom stereocenters. The van der Waals surface area contributed by atoms with Crippen molar-refractivity contribution in [2.24, 2.45) is 5.92 Å². The highest BCUT2D eigenvalue weighted by Crippen LogP contribution is 2.15. The number of nitrogens with zero attached hydrogens (tertiary/aromatic N) is 1. The summed E-state index contributed by atoms with van der Waals surface area (Å²) in [6.45, 7) is 4.23. The van der Waals surface area contributed by atoms with Gasteiger partial charge in [0.05, 0.1) is 5.52 Å². The lowest BCUT2D eigenvalue weighted by molar-refractivity contribution is 0.278. The van der Waals surface area contributed by atoms with Gasteiger partial charge in [-0.3, -0.25) is 4.98 Å². The lowest BCUT2D eigenvalue weighted by Crippen LogP contribution is -2.26. The maximum absolute atomic E-state index is 11.1. The maximum atomic E-state index is 11.1. The maximum Gasteiger partial charge on any atom is 0.417 e. The molecule has 3 rings (SSSR count). The van der Waals surface area contributed by atoms with E-state index < -0.39 is 5.76 Å². The quantitative estimate of drug-likeness (QED) is 0.867. The zero-order chi connectivity index (χ0) is 13.2. The van der Waals surface area contributed by atoms with Gasteiger partial charge in [-0.2, -0.15) is 0 Å². The highest BCUT2D eigenvalue weighted by Gasteiger charge is 2.16. The molecule has 1 fully saturated rings. The molecule has 2 aromatic rings. The van der Waals surface area contributed by atoms with Crippen molar-refractivity contribution >= 4 is 11.1 Å². The van der Waals surface area contributed by atoms with Gasteiger partial charge in [-0.15, -0.1) is 0 Å². The van der Waals surface area contributed by atoms with Crippen molar-refractivity contribution in [3.8, 4) is 0 Å². The first kappa shape index (κ1) is 12.4. The Labute approximate surface area is 111 Å². The molecular weight excluding hydrogens is 242 g/mol. The van der Waals surface area contributed by atoms with Gasteiger partial charge in [0.1, 0.15) is 0 Å². The highest BCUT2D eigenvalue weighted by molar-refractivity contribution is 5.72. The van der Waals surface area contributed by atoms with E-state index in [4.69, 9.17) is 4.42 Å². The van der Waals surface area contributed by atoms with Crippen molar-refractivity contribution in [2.45, 2.75) is 13.0 Å². The van der Waals surface area contributed by atoms with E-state index in [0.29, 0.717) is 5.58 Å². The minimum Gasteiger partial charge on any atom is -0.408 e. The molecule has 19 heavy (non-hydrogen) atoms. The Morgan fingerprint density at radius 1 is 1.47 bits per heavy atom. The van der Waals surface area contributed by atoms with Gasteiger partial charge in [0, 0.05) is 13.1 Å². The fraction of sp³-hybridized carbons (Fsp3) is 0.500. The minimum atomic E-state index is -0.391. The Hall–Kier alpha value is -1.59. The second-order valence-electron chi connectivity index (χ2n) is 5.40. The summed E-state index contributed by atoms with van der Waals surface area (Å²) in [6.07, 6.45) is 1.26. The van der Waals surface area contributed by atoms with Crippen LogP contribution in [-0.4, -0.2) is 36.6 Å². The van der Waals surface area contributed by atoms with Gasteiger partial charge in [-0.05, 0) is 50.2 Å². The van der Waals surface area contributed by atoms with Crippen molar-refractivity contribution in [3.05, 3.63) is 34.3 Å². The van der Waals surface area contributed by atoms with Gasteiger partial charge in [0.2, 0.25) is 0 Å². The van der Waals surface area contributed by atoms with Crippen molar-refractivity contribution in [1.82, 2.24) is 15.2 Å². The number of benzene rings is 1. The molecule has 2 heterocycles. The third-order valence-electron chi connectivity index (χ3n) is 3.67. The molecule has 1 aliphatic heterocycles. The molecule has 0 spiro atoms. The van der Waals surface area contributed by atoms with Crippen LogP contribution in [0.2, 0.25) is 0 Å². The summed E-state index contributed by atoms with van der Waals surface area (Å²) in [6, 6.07) is 5.88. The van der Waals surface area contributed by atoms with Crippen LogP contribution in [0.15, 0.2) is 27.4 Å². The summed E-state index contributed by atoms with van der Waals surface area (Å²) in [5, 5.41) is 3.39. The largest absolute Gasteiger partial charge is 0.417 e. The first-order valence-electron chi connectivity index (χ1n) is 6.72. The second-order valence-corrected chi connectivity index (χ2v) is 5.40. The average Bonchev–Trinajstić information content (AvgIpc) is 2.96. The number of hydrogen-bond donors (Lipinski definition) is 2. The highest BCUT2D eigenvalue weighted by atomic mass is 16.4. The van der Waals surface area contributed by atoms with Gasteiger partial charge in [-0.1, -0.05) is 6.07 Å². The monoisotopic (exact) mass is 261 g/mol. The molecule has 5 heteroatoms. The van der Waals surface area contributed by atoms with Crippen LogP contribution < -0.4 is 11.1 Å². The van der Waals surface area contributed by atoms with E-state index in [1.165, 1.54) is 12.0 Å². The third-order valence-corrected chi connectivity index (χ3v) is 3.67. The summed E-state index contributed by atoms with van der Waals surface area (Å²) in [5.74, 6) is 0.358. The fourth-order valence-corrected chi connectivity index (χ4v) is 2.78. The molecule has 1 unspecified atom stereocenters. The number of rotatable bonds is 4. The summed E-state index contributed by atoms with van der Waals surface area (Å²) >= 11 is 0. The molecule has 0 saturated carbocycles. The van der Waals surface area contributed by atoms with E-state index in [2.05, 4.69) is 22.2 Å². The first-order chi connectivity index (χ1) is 9.20. The third kappa shape index (κ3) is 2.88. The average molecular weight is 261 g/mol. The van der Waals surface area contributed by atoms with Crippen molar-refractivity contribution in [2.75, 3.05) is 26.7 Å². The summed E-state index contributed by atoms with van der Waals surface area (Å²) < 4.78 is 5.08. The normalized spacial score (nSPS) is 19.6. The van der Waals surface area contributed by atoms with Gasteiger partial charge >= 0.3 is 5.76 Å². The zero-order valence-electron chi connectivity index (χ0n) is 11.1. The lowest BCUT2D eigenvalue weighted by atomic mass is 10.1. The number of oxazole rings is 1. The van der Waals surface area contributed by atoms with Crippen LogP contribution in [0.25, 0.3) is 11.1 Å². The summed E-state index contributed by atoms with van der Waals surface area (Å²) in [7, 11) is 2.13. The molecule has 1 aliphatic rings. The second kappa shape index (κ2) is 5.19. The topological polar surface area (TPSA) is 61.3 Å². The Morgan fingerprint density at radius 3 is 3.16 bits per heavy atom. The number of aromatic nitrogens is 1. The van der Waals surface area contributed by atoms with Crippen LogP contribution in [0.3, 0.4) is 0 Å². The molecule has 2 N–H and O–H groups in total. The van der Waals surface area contributed by atoms with E-state index in [1.54, 1.807) is 0 Å². The smallest absolute Gasteiger partial charge is 0.408 e. The molecule has 1 aromatic carbocycles. The molecular formula is C14H19N3O2. The van der Waals surface area contributed by atoms with Gasteiger partial charge < -0.3 is 14.6 Å². The predicted octanol–water partition coefficient (Wildman–Crippen LogP) is 1.16. The molecule has 5 nitrogen and oxygen atoms in total. The van der Waals surface area contributed by atoms with E-state index in [1.807, 2.05) is 18.2 Å². The van der Waals surface area contributed by atoms with E-state index in [-0.39, 0.29) is 0 Å². The fourth-order valence-electron chi connectivity index (χ4n) is 2.78. The molecule has 1 aromatic heterocycles. The number of fused-ring (bicyclic) bond motifs is 1. The van der Waals surface area contributed by atoms with Crippen LogP contribution in [0.4, 0.5) is 0 Å². The van der Waals surface area contributed by atoms with Crippen molar-refractivity contribution < 1.29 is 4.42 Å². The van der Waals surface area contributed by atoms with Crippen LogP contribution in [0.1, 0.15) is 12.0 Å². The number of hydrogen-bond acceptors (Lipinski definition) is 4. The van der Waals surface area contributed by atoms with E-state index in [9.17, 15) is 4.79 Å². The Balaban J connectivity index is 1.67. The molecule has 0 aliphatic carbocycles. The Morgan fingerprint density at radius 2 is 2.37 bits per heavy atom. The van der Waals surface area contributed by atoms with Crippen LogP contribution in [0.5, 0.6) is 0 Å². The molecule has 1 saturated heterocycles. The van der Waals surface area contributed by atoms with Crippen molar-refractivity contribution in [3.63, 3.8) is 0 Å². The summed E-state index contributed by atoms with van der Waals surface area (Å²) in [4.78, 5) is 16.1. The molecule has 0 amide bonds. The van der Waals surface area contributed by atoms with Gasteiger partial charge in [0.15, 0.2) is 5.58 Å². The van der Waals surface area contributed by atoms with Crippen LogP contribution in [-0.2, 0) is 6.54 Å². The van der Waals surface area contributed by atoms with E-state index in [0.717, 1.165) is 37.6 Å². The Kier molecular flexibility index (Phi) is 3.40. The molecule has 102 valence electrons. The summed E-state index contributed by atoms with van der Waals surface area (Å²) in [5.41, 5.74) is 2.57. The molecule has 0 bridgehead atoms. The predicted molar refractivity (Wildman–Crippen MR) is 74.1 cm³/mol.